The van der Waals surface area contributed by atoms with Gasteiger partial charge >= 0.3 is 5.97 Å². The Balaban J connectivity index is 2.68. The van der Waals surface area contributed by atoms with E-state index in [2.05, 4.69) is 0 Å². The molecule has 1 fully saturated rings. The summed E-state index contributed by atoms with van der Waals surface area (Å²) in [6, 6.07) is -0.204. The van der Waals surface area contributed by atoms with Crippen molar-refractivity contribution in [1.29, 1.82) is 0 Å². The summed E-state index contributed by atoms with van der Waals surface area (Å²) in [6.07, 6.45) is 0. The Bertz CT molecular complexity index is 158. The number of carboxylic acid groups (broad SMARTS) is 1. The van der Waals surface area contributed by atoms with Crippen molar-refractivity contribution in [3.63, 3.8) is 0 Å². The monoisotopic (exact) mass is 162 g/mol. The number of nitrogens with zero attached hydrogens (tertiary/aromatic N) is 1. The van der Waals surface area contributed by atoms with Gasteiger partial charge < -0.3 is 9.59 Å². The maximum absolute atomic E-state index is 10.6. The van der Waals surface area contributed by atoms with Crippen molar-refractivity contribution in [3.05, 3.63) is 0 Å². The zero-order valence-electron chi connectivity index (χ0n) is 6.20. The molecule has 10 heavy (non-hydrogen) atoms. The van der Waals surface area contributed by atoms with Gasteiger partial charge in [0.25, 0.3) is 0 Å². The van der Waals surface area contributed by atoms with Crippen molar-refractivity contribution >= 4 is 17.7 Å². The van der Waals surface area contributed by atoms with Gasteiger partial charge in [0.05, 0.1) is 19.8 Å². The molecule has 1 heterocycles. The van der Waals surface area contributed by atoms with Gasteiger partial charge in [0, 0.05) is 0 Å². The molecule has 0 aromatic rings. The van der Waals surface area contributed by atoms with Gasteiger partial charge in [-0.25, -0.2) is 4.79 Å². The standard InChI is InChI=1S/C6H11NO2S/c1-7(2)4-10-3-5(7)6(8)9/h5H,3-4H2,1-2H3/p+1. The number of quaternary nitrogens is 1. The number of carbonyl (C=O) groups is 1. The lowest BCUT2D eigenvalue weighted by molar-refractivity contribution is -0.887. The zero-order valence-corrected chi connectivity index (χ0v) is 7.02. The van der Waals surface area contributed by atoms with Crippen LogP contribution in [0.3, 0.4) is 0 Å². The highest BCUT2D eigenvalue weighted by atomic mass is 32.2. The topological polar surface area (TPSA) is 37.3 Å². The molecule has 0 saturated carbocycles. The number of hydrogen-bond acceptors (Lipinski definition) is 2. The van der Waals surface area contributed by atoms with Gasteiger partial charge in [-0.2, -0.15) is 0 Å². The summed E-state index contributed by atoms with van der Waals surface area (Å²) in [6.45, 7) is 0. The molecule has 1 N–H and O–H groups in total. The number of aliphatic carboxylic acids is 1. The molecule has 0 spiro atoms. The minimum Gasteiger partial charge on any atom is -0.477 e. The Morgan fingerprint density at radius 2 is 2.30 bits per heavy atom. The Labute approximate surface area is 64.6 Å². The van der Waals surface area contributed by atoms with Gasteiger partial charge in [-0.05, 0) is 0 Å². The Morgan fingerprint density at radius 1 is 1.70 bits per heavy atom. The quantitative estimate of drug-likeness (QED) is 0.560. The number of rotatable bonds is 1. The van der Waals surface area contributed by atoms with Crippen LogP contribution in [0.15, 0.2) is 0 Å². The van der Waals surface area contributed by atoms with E-state index in [0.717, 1.165) is 11.6 Å². The molecule has 0 aromatic carbocycles. The van der Waals surface area contributed by atoms with Crippen LogP contribution in [0, 0.1) is 0 Å². The van der Waals surface area contributed by atoms with Crippen molar-refractivity contribution in [2.45, 2.75) is 6.04 Å². The fourth-order valence-electron chi connectivity index (χ4n) is 1.06. The average Bonchev–Trinajstić information content (AvgIpc) is 2.08. The van der Waals surface area contributed by atoms with E-state index >= 15 is 0 Å². The van der Waals surface area contributed by atoms with Crippen molar-refractivity contribution < 1.29 is 14.4 Å². The molecule has 3 nitrogen and oxygen atoms in total. The predicted octanol–water partition coefficient (Wildman–Crippen LogP) is 0.220. The number of thioether (sulfide) groups is 1. The third-order valence-corrected chi connectivity index (χ3v) is 3.23. The highest BCUT2D eigenvalue weighted by molar-refractivity contribution is 7.99. The summed E-state index contributed by atoms with van der Waals surface area (Å²) < 4.78 is 0.611. The third kappa shape index (κ3) is 1.27. The van der Waals surface area contributed by atoms with E-state index in [1.165, 1.54) is 0 Å². The van der Waals surface area contributed by atoms with E-state index in [1.54, 1.807) is 11.8 Å². The van der Waals surface area contributed by atoms with Gasteiger partial charge in [0.1, 0.15) is 5.88 Å². The van der Waals surface area contributed by atoms with E-state index in [0.29, 0.717) is 4.48 Å². The van der Waals surface area contributed by atoms with Crippen molar-refractivity contribution in [2.75, 3.05) is 25.7 Å². The van der Waals surface area contributed by atoms with Crippen LogP contribution < -0.4 is 0 Å². The molecule has 1 aliphatic heterocycles. The Kier molecular flexibility index (Phi) is 1.92. The average molecular weight is 162 g/mol. The van der Waals surface area contributed by atoms with Gasteiger partial charge in [-0.3, -0.25) is 0 Å². The fourth-order valence-corrected chi connectivity index (χ4v) is 2.59. The molecule has 0 amide bonds. The van der Waals surface area contributed by atoms with Crippen LogP contribution in [-0.4, -0.2) is 47.3 Å². The summed E-state index contributed by atoms with van der Waals surface area (Å²) in [5, 5.41) is 8.72. The molecule has 0 aliphatic carbocycles. The third-order valence-electron chi connectivity index (χ3n) is 1.83. The Hall–Kier alpha value is -0.220. The first-order chi connectivity index (χ1) is 4.54. The highest BCUT2D eigenvalue weighted by Crippen LogP contribution is 2.25. The van der Waals surface area contributed by atoms with E-state index in [-0.39, 0.29) is 6.04 Å². The maximum atomic E-state index is 10.6. The molecular weight excluding hydrogens is 150 g/mol. The van der Waals surface area contributed by atoms with Crippen LogP contribution in [0.4, 0.5) is 0 Å². The minimum atomic E-state index is -0.671. The number of likely N-dealkylation sites (N-methyl/N-ethyl adjacent to an activating group) is 1. The fraction of sp³-hybridized carbons (Fsp3) is 0.833. The molecule has 0 aromatic heterocycles. The van der Waals surface area contributed by atoms with Crippen molar-refractivity contribution in [1.82, 2.24) is 0 Å². The molecule has 4 heteroatoms. The molecule has 1 unspecified atom stereocenters. The van der Waals surface area contributed by atoms with Gasteiger partial charge in [-0.1, -0.05) is 11.8 Å². The van der Waals surface area contributed by atoms with Crippen LogP contribution in [0.2, 0.25) is 0 Å². The summed E-state index contributed by atoms with van der Waals surface area (Å²) in [5.41, 5.74) is 0. The Morgan fingerprint density at radius 3 is 2.50 bits per heavy atom. The molecule has 0 radical (unpaired) electrons. The second-order valence-corrected chi connectivity index (χ2v) is 4.13. The van der Waals surface area contributed by atoms with Crippen LogP contribution in [-0.2, 0) is 4.79 Å². The highest BCUT2D eigenvalue weighted by Gasteiger charge is 2.40. The van der Waals surface area contributed by atoms with E-state index in [1.807, 2.05) is 14.1 Å². The van der Waals surface area contributed by atoms with Gasteiger partial charge in [0.15, 0.2) is 6.04 Å². The second-order valence-electron chi connectivity index (χ2n) is 3.13. The second kappa shape index (κ2) is 2.43. The van der Waals surface area contributed by atoms with Crippen LogP contribution in [0.1, 0.15) is 0 Å². The maximum Gasteiger partial charge on any atom is 0.363 e. The molecular formula is C6H12NO2S+. The lowest BCUT2D eigenvalue weighted by atomic mass is 10.3. The first-order valence-electron chi connectivity index (χ1n) is 3.17. The predicted molar refractivity (Wildman–Crippen MR) is 40.9 cm³/mol. The van der Waals surface area contributed by atoms with E-state index in [9.17, 15) is 4.79 Å². The molecule has 1 aliphatic rings. The first-order valence-corrected chi connectivity index (χ1v) is 4.33. The molecule has 1 atom stereocenters. The van der Waals surface area contributed by atoms with Crippen LogP contribution in [0.5, 0.6) is 0 Å². The minimum absolute atomic E-state index is 0.204. The van der Waals surface area contributed by atoms with Gasteiger partial charge in [-0.15, -0.1) is 0 Å². The summed E-state index contributed by atoms with van der Waals surface area (Å²) in [5.74, 6) is 0.995. The van der Waals surface area contributed by atoms with Gasteiger partial charge in [0.2, 0.25) is 0 Å². The summed E-state index contributed by atoms with van der Waals surface area (Å²) in [7, 11) is 3.91. The summed E-state index contributed by atoms with van der Waals surface area (Å²) >= 11 is 1.71. The van der Waals surface area contributed by atoms with Crippen molar-refractivity contribution in [3.8, 4) is 0 Å². The largest absolute Gasteiger partial charge is 0.477 e. The summed E-state index contributed by atoms with van der Waals surface area (Å²) in [4.78, 5) is 10.6. The lowest BCUT2D eigenvalue weighted by Gasteiger charge is -2.27. The van der Waals surface area contributed by atoms with Crippen molar-refractivity contribution in [2.24, 2.45) is 0 Å². The SMILES string of the molecule is C[N+]1(C)CSCC1C(=O)O. The number of hydrogen-bond donors (Lipinski definition) is 1. The first kappa shape index (κ1) is 7.88. The molecule has 1 saturated heterocycles. The van der Waals surface area contributed by atoms with Crippen LogP contribution in [0.25, 0.3) is 0 Å². The molecule has 0 bridgehead atoms. The van der Waals surface area contributed by atoms with E-state index in [4.69, 9.17) is 5.11 Å². The lowest BCUT2D eigenvalue weighted by Crippen LogP contribution is -2.49. The normalized spacial score (nSPS) is 30.4. The molecule has 58 valence electrons. The number of carboxylic acids is 1. The zero-order chi connectivity index (χ0) is 7.78. The molecule has 1 rings (SSSR count). The van der Waals surface area contributed by atoms with Crippen LogP contribution >= 0.6 is 11.8 Å². The smallest absolute Gasteiger partial charge is 0.363 e. The van der Waals surface area contributed by atoms with E-state index < -0.39 is 5.97 Å².